The van der Waals surface area contributed by atoms with Crippen LogP contribution in [0.25, 0.3) is 0 Å². The van der Waals surface area contributed by atoms with Gasteiger partial charge in [-0.3, -0.25) is 0 Å². The minimum atomic E-state index is -1.41. The number of hydrogen-bond acceptors (Lipinski definition) is 10. The van der Waals surface area contributed by atoms with Gasteiger partial charge in [-0.1, -0.05) is 0 Å². The third-order valence-electron chi connectivity index (χ3n) is 2.95. The maximum atomic E-state index is 8.88. The largest absolute Gasteiger partial charge is 0.388 e. The first-order chi connectivity index (χ1) is 9.25. The average molecular weight is 300 g/mol. The van der Waals surface area contributed by atoms with Crippen LogP contribution in [0.1, 0.15) is 0 Å². The molecule has 0 aromatic heterocycles. The summed E-state index contributed by atoms with van der Waals surface area (Å²) >= 11 is 0. The lowest BCUT2D eigenvalue weighted by Gasteiger charge is -2.31. The van der Waals surface area contributed by atoms with E-state index in [0.29, 0.717) is 0 Å². The Kier molecular flexibility index (Phi) is 6.68. The first kappa shape index (κ1) is 17.7. The minimum absolute atomic E-state index is 0.153. The summed E-state index contributed by atoms with van der Waals surface area (Å²) in [6.45, 7) is -0.307. The van der Waals surface area contributed by atoms with Gasteiger partial charge in [0.15, 0.2) is 12.6 Å². The van der Waals surface area contributed by atoms with Gasteiger partial charge in [-0.15, -0.1) is 0 Å². The Labute approximate surface area is 114 Å². The first-order valence-corrected chi connectivity index (χ1v) is 5.93. The van der Waals surface area contributed by atoms with Gasteiger partial charge in [0.1, 0.15) is 36.6 Å². The zero-order chi connectivity index (χ0) is 15.4. The molecular weight excluding hydrogens is 280 g/mol. The lowest BCUT2D eigenvalue weighted by molar-refractivity contribution is -0.252. The molecule has 2 saturated heterocycles. The third-order valence-corrected chi connectivity index (χ3v) is 2.95. The molecule has 0 aromatic rings. The molecule has 2 fully saturated rings. The van der Waals surface area contributed by atoms with E-state index in [1.54, 1.807) is 0 Å². The first-order valence-electron chi connectivity index (χ1n) is 5.93. The Hall–Kier alpha value is -0.400. The van der Waals surface area contributed by atoms with Crippen LogP contribution in [-0.2, 0) is 9.47 Å². The number of hydrogen-bond donors (Lipinski definition) is 8. The molecule has 10 nitrogen and oxygen atoms in total. The molecule has 0 bridgehead atoms. The normalized spacial score (nSPS) is 49.2. The van der Waals surface area contributed by atoms with E-state index < -0.39 is 49.2 Å². The van der Waals surface area contributed by atoms with Crippen LogP contribution in [0.2, 0.25) is 0 Å². The maximum absolute atomic E-state index is 8.88. The second-order valence-corrected chi connectivity index (χ2v) is 4.54. The Bertz CT molecular complexity index is 233. The Morgan fingerprint density at radius 1 is 0.500 bits per heavy atom. The fourth-order valence-corrected chi connectivity index (χ4v) is 1.58. The van der Waals surface area contributed by atoms with E-state index in [1.165, 1.54) is 0 Å². The molecule has 0 radical (unpaired) electrons. The number of aliphatic hydroxyl groups is 8. The van der Waals surface area contributed by atoms with E-state index in [9.17, 15) is 0 Å². The SMILES string of the molecule is OC1OC[C@H](O)[C@@H](O)[C@@H]1O.OC1OC[C@H](O)[C@@H](O)[C@@H]1O. The number of rotatable bonds is 0. The van der Waals surface area contributed by atoms with E-state index >= 15 is 0 Å². The molecule has 2 aliphatic heterocycles. The predicted molar refractivity (Wildman–Crippen MR) is 60.0 cm³/mol. The van der Waals surface area contributed by atoms with Crippen LogP contribution in [0.4, 0.5) is 0 Å². The van der Waals surface area contributed by atoms with Crippen LogP contribution in [0.3, 0.4) is 0 Å². The highest BCUT2D eigenvalue weighted by Crippen LogP contribution is 2.13. The highest BCUT2D eigenvalue weighted by atomic mass is 16.6. The summed E-state index contributed by atoms with van der Waals surface area (Å²) in [4.78, 5) is 0. The van der Waals surface area contributed by atoms with Gasteiger partial charge in [0.25, 0.3) is 0 Å². The summed E-state index contributed by atoms with van der Waals surface area (Å²) < 4.78 is 8.94. The van der Waals surface area contributed by atoms with Gasteiger partial charge in [0.2, 0.25) is 0 Å². The maximum Gasteiger partial charge on any atom is 0.183 e. The second kappa shape index (κ2) is 7.56. The fourth-order valence-electron chi connectivity index (χ4n) is 1.58. The van der Waals surface area contributed by atoms with Crippen LogP contribution in [-0.4, -0.2) is 103 Å². The molecule has 20 heavy (non-hydrogen) atoms. The van der Waals surface area contributed by atoms with Gasteiger partial charge in [0.05, 0.1) is 13.2 Å². The van der Waals surface area contributed by atoms with E-state index in [0.717, 1.165) is 0 Å². The van der Waals surface area contributed by atoms with Crippen molar-refractivity contribution in [3.8, 4) is 0 Å². The molecule has 0 amide bonds. The van der Waals surface area contributed by atoms with Crippen molar-refractivity contribution in [2.45, 2.75) is 49.2 Å². The molecular formula is C10H20O10. The molecule has 0 aliphatic carbocycles. The van der Waals surface area contributed by atoms with E-state index in [-0.39, 0.29) is 13.2 Å². The molecule has 8 N–H and O–H groups in total. The Morgan fingerprint density at radius 3 is 1.05 bits per heavy atom. The summed E-state index contributed by atoms with van der Waals surface area (Å²) in [5.41, 5.74) is 0. The van der Waals surface area contributed by atoms with Crippen molar-refractivity contribution in [2.24, 2.45) is 0 Å². The fraction of sp³-hybridized carbons (Fsp3) is 1.00. The van der Waals surface area contributed by atoms with Gasteiger partial charge in [-0.2, -0.15) is 0 Å². The lowest BCUT2D eigenvalue weighted by Crippen LogP contribution is -2.52. The number of ether oxygens (including phenoxy) is 2. The van der Waals surface area contributed by atoms with Crippen LogP contribution in [0.5, 0.6) is 0 Å². The smallest absolute Gasteiger partial charge is 0.183 e. The number of aliphatic hydroxyl groups excluding tert-OH is 8. The molecule has 2 rings (SSSR count). The van der Waals surface area contributed by atoms with Gasteiger partial charge >= 0.3 is 0 Å². The van der Waals surface area contributed by atoms with Crippen molar-refractivity contribution in [1.29, 1.82) is 0 Å². The monoisotopic (exact) mass is 300 g/mol. The Balaban J connectivity index is 0.000000200. The molecule has 0 saturated carbocycles. The zero-order valence-electron chi connectivity index (χ0n) is 10.4. The summed E-state index contributed by atoms with van der Waals surface area (Å²) in [6, 6.07) is 0. The van der Waals surface area contributed by atoms with Gasteiger partial charge < -0.3 is 50.3 Å². The molecule has 120 valence electrons. The summed E-state index contributed by atoms with van der Waals surface area (Å²) in [7, 11) is 0. The molecule has 2 aliphatic rings. The van der Waals surface area contributed by atoms with Crippen LogP contribution in [0.15, 0.2) is 0 Å². The van der Waals surface area contributed by atoms with Crippen molar-refractivity contribution >= 4 is 0 Å². The average Bonchev–Trinajstić information content (AvgIpc) is 2.43. The molecule has 0 aromatic carbocycles. The van der Waals surface area contributed by atoms with Gasteiger partial charge in [-0.05, 0) is 0 Å². The van der Waals surface area contributed by atoms with Crippen LogP contribution in [0, 0.1) is 0 Å². The molecule has 8 atom stereocenters. The molecule has 10 heteroatoms. The second-order valence-electron chi connectivity index (χ2n) is 4.54. The van der Waals surface area contributed by atoms with E-state index in [1.807, 2.05) is 0 Å². The highest BCUT2D eigenvalue weighted by Gasteiger charge is 2.36. The van der Waals surface area contributed by atoms with Crippen LogP contribution < -0.4 is 0 Å². The topological polar surface area (TPSA) is 180 Å². The van der Waals surface area contributed by atoms with Gasteiger partial charge in [0, 0.05) is 0 Å². The third kappa shape index (κ3) is 4.30. The lowest BCUT2D eigenvalue weighted by atomic mass is 10.1. The van der Waals surface area contributed by atoms with Crippen molar-refractivity contribution in [2.75, 3.05) is 13.2 Å². The van der Waals surface area contributed by atoms with E-state index in [2.05, 4.69) is 9.47 Å². The van der Waals surface area contributed by atoms with Crippen molar-refractivity contribution < 1.29 is 50.3 Å². The van der Waals surface area contributed by atoms with Gasteiger partial charge in [-0.25, -0.2) is 0 Å². The standard InChI is InChI=1S/2C5H10O5/c2*6-2-1-10-5(9)4(8)3(2)7/h2*2-9H,1H2/t2*2-,3+,4-,5?/m00/s1. The molecule has 0 spiro atoms. The predicted octanol–water partition coefficient (Wildman–Crippen LogP) is -5.16. The van der Waals surface area contributed by atoms with Crippen LogP contribution >= 0.6 is 0 Å². The summed E-state index contributed by atoms with van der Waals surface area (Å²) in [5.74, 6) is 0. The van der Waals surface area contributed by atoms with E-state index in [4.69, 9.17) is 40.9 Å². The quantitative estimate of drug-likeness (QED) is 0.215. The highest BCUT2D eigenvalue weighted by molar-refractivity contribution is 4.81. The van der Waals surface area contributed by atoms with Crippen molar-refractivity contribution in [3.63, 3.8) is 0 Å². The Morgan fingerprint density at radius 2 is 0.800 bits per heavy atom. The molecule has 2 heterocycles. The zero-order valence-corrected chi connectivity index (χ0v) is 10.4. The summed E-state index contributed by atoms with van der Waals surface area (Å²) in [6.07, 6.45) is -10.5. The summed E-state index contributed by atoms with van der Waals surface area (Å²) in [5, 5.41) is 70.5. The molecule has 2 unspecified atom stereocenters. The minimum Gasteiger partial charge on any atom is -0.388 e. The van der Waals surface area contributed by atoms with Crippen molar-refractivity contribution in [1.82, 2.24) is 0 Å². The van der Waals surface area contributed by atoms with Crippen molar-refractivity contribution in [3.05, 3.63) is 0 Å².